The number of furan rings is 1. The zero-order valence-electron chi connectivity index (χ0n) is 16.1. The number of nitrogens with one attached hydrogen (secondary N) is 3. The second kappa shape index (κ2) is 10.3. The fourth-order valence-corrected chi connectivity index (χ4v) is 2.98. The van der Waals surface area contributed by atoms with Crippen LogP contribution in [0.25, 0.3) is 11.0 Å². The number of rotatable bonds is 7. The molecule has 0 unspecified atom stereocenters. The predicted octanol–water partition coefficient (Wildman–Crippen LogP) is 4.08. The molecule has 0 atom stereocenters. The zero-order chi connectivity index (χ0) is 18.4. The molecule has 0 aliphatic carbocycles. The van der Waals surface area contributed by atoms with Crippen molar-refractivity contribution in [2.75, 3.05) is 13.1 Å². The molecule has 0 spiro atoms. The van der Waals surface area contributed by atoms with Crippen LogP contribution in [0.3, 0.4) is 0 Å². The van der Waals surface area contributed by atoms with Gasteiger partial charge in [0.1, 0.15) is 17.9 Å². The highest BCUT2D eigenvalue weighted by Gasteiger charge is 2.09. The van der Waals surface area contributed by atoms with E-state index in [1.165, 1.54) is 5.56 Å². The van der Waals surface area contributed by atoms with Crippen molar-refractivity contribution >= 4 is 40.9 Å². The maximum absolute atomic E-state index is 5.94. The quantitative estimate of drug-likeness (QED) is 0.206. The molecule has 27 heavy (non-hydrogen) atoms. The van der Waals surface area contributed by atoms with Crippen LogP contribution in [0.2, 0.25) is 0 Å². The molecule has 0 aliphatic heterocycles. The molecule has 3 aromatic rings. The van der Waals surface area contributed by atoms with Crippen molar-refractivity contribution in [2.24, 2.45) is 4.99 Å². The number of H-pyrrole nitrogens is 1. The molecule has 7 heteroatoms. The Balaban J connectivity index is 0.00000261. The minimum absolute atomic E-state index is 0. The summed E-state index contributed by atoms with van der Waals surface area (Å²) in [5, 5.41) is 14.9. The number of para-hydroxylation sites is 1. The van der Waals surface area contributed by atoms with Gasteiger partial charge >= 0.3 is 0 Å². The average molecular weight is 481 g/mol. The minimum atomic E-state index is 0. The molecule has 0 amide bonds. The van der Waals surface area contributed by atoms with E-state index in [0.29, 0.717) is 6.54 Å². The van der Waals surface area contributed by atoms with Crippen molar-refractivity contribution < 1.29 is 4.42 Å². The molecule has 0 fully saturated rings. The summed E-state index contributed by atoms with van der Waals surface area (Å²) in [6, 6.07) is 8.11. The van der Waals surface area contributed by atoms with Gasteiger partial charge in [0.25, 0.3) is 0 Å². The molecule has 2 heterocycles. The summed E-state index contributed by atoms with van der Waals surface area (Å²) in [4.78, 5) is 4.67. The Morgan fingerprint density at radius 1 is 1.22 bits per heavy atom. The summed E-state index contributed by atoms with van der Waals surface area (Å²) in [6.07, 6.45) is 3.92. The molecule has 0 radical (unpaired) electrons. The van der Waals surface area contributed by atoms with Crippen LogP contribution in [-0.4, -0.2) is 29.2 Å². The van der Waals surface area contributed by atoms with Crippen LogP contribution in [-0.2, 0) is 13.0 Å². The third kappa shape index (κ3) is 5.47. The second-order valence-corrected chi connectivity index (χ2v) is 6.39. The smallest absolute Gasteiger partial charge is 0.191 e. The molecule has 1 aromatic carbocycles. The number of nitrogens with zero attached hydrogens (tertiary/aromatic N) is 2. The number of benzene rings is 1. The van der Waals surface area contributed by atoms with Crippen LogP contribution in [0.15, 0.2) is 39.9 Å². The van der Waals surface area contributed by atoms with Crippen LogP contribution in [0, 0.1) is 13.8 Å². The van der Waals surface area contributed by atoms with Gasteiger partial charge in [0.2, 0.25) is 0 Å². The van der Waals surface area contributed by atoms with Crippen LogP contribution in [0.5, 0.6) is 0 Å². The van der Waals surface area contributed by atoms with Crippen molar-refractivity contribution in [2.45, 2.75) is 40.2 Å². The second-order valence-electron chi connectivity index (χ2n) is 6.39. The van der Waals surface area contributed by atoms with Crippen molar-refractivity contribution in [3.05, 3.63) is 53.0 Å². The number of fused-ring (bicyclic) bond motifs is 1. The van der Waals surface area contributed by atoms with Gasteiger partial charge < -0.3 is 15.1 Å². The molecule has 146 valence electrons. The topological polar surface area (TPSA) is 78.2 Å². The molecule has 2 aromatic heterocycles. The van der Waals surface area contributed by atoms with Crippen molar-refractivity contribution in [3.63, 3.8) is 0 Å². The number of hydrogen-bond acceptors (Lipinski definition) is 3. The summed E-state index contributed by atoms with van der Waals surface area (Å²) in [6.45, 7) is 8.41. The van der Waals surface area contributed by atoms with Crippen molar-refractivity contribution in [1.29, 1.82) is 0 Å². The first kappa shape index (κ1) is 21.3. The number of aryl methyl sites for hydroxylation is 3. The van der Waals surface area contributed by atoms with E-state index in [1.54, 1.807) is 0 Å². The van der Waals surface area contributed by atoms with Gasteiger partial charge in [0.15, 0.2) is 5.96 Å². The van der Waals surface area contributed by atoms with E-state index in [2.05, 4.69) is 52.7 Å². The molecule has 3 rings (SSSR count). The fraction of sp³-hybridized carbons (Fsp3) is 0.400. The minimum Gasteiger partial charge on any atom is -0.459 e. The average Bonchev–Trinajstić information content (AvgIpc) is 3.20. The van der Waals surface area contributed by atoms with Crippen LogP contribution in [0.1, 0.15) is 35.9 Å². The van der Waals surface area contributed by atoms with E-state index in [9.17, 15) is 0 Å². The first-order valence-electron chi connectivity index (χ1n) is 9.17. The predicted molar refractivity (Wildman–Crippen MR) is 121 cm³/mol. The van der Waals surface area contributed by atoms with E-state index in [4.69, 9.17) is 4.42 Å². The Morgan fingerprint density at radius 2 is 2.04 bits per heavy atom. The van der Waals surface area contributed by atoms with E-state index in [-0.39, 0.29) is 24.0 Å². The Bertz CT molecular complexity index is 884. The van der Waals surface area contributed by atoms with Gasteiger partial charge in [-0.05, 0) is 45.2 Å². The van der Waals surface area contributed by atoms with Crippen LogP contribution < -0.4 is 10.6 Å². The van der Waals surface area contributed by atoms with Gasteiger partial charge in [-0.25, -0.2) is 4.99 Å². The highest BCUT2D eigenvalue weighted by atomic mass is 127. The number of aromatic nitrogens is 2. The molecule has 0 aliphatic rings. The molecule has 3 N–H and O–H groups in total. The number of hydrogen-bond donors (Lipinski definition) is 3. The Morgan fingerprint density at radius 3 is 2.74 bits per heavy atom. The first-order chi connectivity index (χ1) is 12.7. The van der Waals surface area contributed by atoms with Crippen LogP contribution >= 0.6 is 24.0 Å². The highest BCUT2D eigenvalue weighted by Crippen LogP contribution is 2.25. The fourth-order valence-electron chi connectivity index (χ4n) is 2.98. The summed E-state index contributed by atoms with van der Waals surface area (Å²) < 4.78 is 5.94. The summed E-state index contributed by atoms with van der Waals surface area (Å²) in [7, 11) is 0. The number of guanidine groups is 1. The molecule has 6 nitrogen and oxygen atoms in total. The SMILES string of the molecule is CCNC(=NCc1oc2ccccc2c1C)NCCCc1cn[nH]c1C.I. The molecule has 0 saturated carbocycles. The lowest BCUT2D eigenvalue weighted by molar-refractivity contribution is 0.547. The maximum atomic E-state index is 5.94. The van der Waals surface area contributed by atoms with Crippen LogP contribution in [0.4, 0.5) is 0 Å². The van der Waals surface area contributed by atoms with Gasteiger partial charge in [-0.1, -0.05) is 18.2 Å². The number of aromatic amines is 1. The number of halogens is 1. The van der Waals surface area contributed by atoms with Gasteiger partial charge in [-0.2, -0.15) is 5.10 Å². The third-order valence-electron chi connectivity index (χ3n) is 4.52. The lowest BCUT2D eigenvalue weighted by Gasteiger charge is -2.11. The molecule has 0 saturated heterocycles. The van der Waals surface area contributed by atoms with Gasteiger partial charge in [-0.15, -0.1) is 24.0 Å². The van der Waals surface area contributed by atoms with Gasteiger partial charge in [0, 0.05) is 29.7 Å². The Kier molecular flexibility index (Phi) is 8.15. The van der Waals surface area contributed by atoms with Gasteiger partial charge in [0.05, 0.1) is 6.20 Å². The summed E-state index contributed by atoms with van der Waals surface area (Å²) in [5.41, 5.74) is 4.50. The molecular formula is C20H28IN5O. The first-order valence-corrected chi connectivity index (χ1v) is 9.17. The van der Waals surface area contributed by atoms with E-state index < -0.39 is 0 Å². The largest absolute Gasteiger partial charge is 0.459 e. The van der Waals surface area contributed by atoms with E-state index in [0.717, 1.165) is 59.9 Å². The lowest BCUT2D eigenvalue weighted by Crippen LogP contribution is -2.37. The van der Waals surface area contributed by atoms with Crippen molar-refractivity contribution in [1.82, 2.24) is 20.8 Å². The standard InChI is InChI=1S/C20H27N5O.HI/c1-4-21-20(22-11-7-8-16-12-24-25-15(16)3)23-13-19-14(2)17-9-5-6-10-18(17)26-19;/h5-6,9-10,12H,4,7-8,11,13H2,1-3H3,(H,24,25)(H2,21,22,23);1H. The monoisotopic (exact) mass is 481 g/mol. The highest BCUT2D eigenvalue weighted by molar-refractivity contribution is 14.0. The molecular weight excluding hydrogens is 453 g/mol. The third-order valence-corrected chi connectivity index (χ3v) is 4.52. The zero-order valence-corrected chi connectivity index (χ0v) is 18.5. The number of aliphatic imine (C=N–C) groups is 1. The molecule has 0 bridgehead atoms. The normalized spacial score (nSPS) is 11.4. The van der Waals surface area contributed by atoms with E-state index in [1.807, 2.05) is 24.4 Å². The van der Waals surface area contributed by atoms with Gasteiger partial charge in [-0.3, -0.25) is 5.10 Å². The van der Waals surface area contributed by atoms with Crippen molar-refractivity contribution in [3.8, 4) is 0 Å². The maximum Gasteiger partial charge on any atom is 0.191 e. The lowest BCUT2D eigenvalue weighted by atomic mass is 10.1. The summed E-state index contributed by atoms with van der Waals surface area (Å²) in [5.74, 6) is 1.73. The Labute approximate surface area is 177 Å². The summed E-state index contributed by atoms with van der Waals surface area (Å²) >= 11 is 0. The van der Waals surface area contributed by atoms with E-state index >= 15 is 0 Å². The Hall–Kier alpha value is -2.03.